The lowest BCUT2D eigenvalue weighted by Crippen LogP contribution is -2.63. The van der Waals surface area contributed by atoms with Gasteiger partial charge in [-0.05, 0) is 107 Å². The van der Waals surface area contributed by atoms with Crippen LogP contribution in [0.25, 0.3) is 0 Å². The molecule has 0 aromatic carbocycles. The Balaban J connectivity index is 1.83. The molecule has 3 heterocycles. The minimum absolute atomic E-state index is 0.0335. The lowest BCUT2D eigenvalue weighted by atomic mass is 9.79. The minimum atomic E-state index is 0.0335. The number of unbranched alkanes of at least 4 members (excludes halogenated alkanes) is 11. The third kappa shape index (κ3) is 15.7. The van der Waals surface area contributed by atoms with E-state index in [0.29, 0.717) is 24.7 Å². The Morgan fingerprint density at radius 3 is 1.29 bits per heavy atom. The number of aromatic nitrogens is 3. The van der Waals surface area contributed by atoms with Crippen LogP contribution in [0.5, 0.6) is 0 Å². The zero-order valence-electron chi connectivity index (χ0n) is 35.4. The van der Waals surface area contributed by atoms with E-state index >= 15 is 0 Å². The molecule has 2 aliphatic heterocycles. The molecule has 0 radical (unpaired) electrons. The van der Waals surface area contributed by atoms with Crippen molar-refractivity contribution in [1.29, 1.82) is 0 Å². The van der Waals surface area contributed by atoms with E-state index in [4.69, 9.17) is 15.0 Å². The highest BCUT2D eigenvalue weighted by molar-refractivity contribution is 5.47. The molecule has 0 saturated carbocycles. The number of piperidine rings is 2. The third-order valence-corrected chi connectivity index (χ3v) is 10.9. The van der Waals surface area contributed by atoms with Gasteiger partial charge in [0.25, 0.3) is 0 Å². The van der Waals surface area contributed by atoms with Crippen LogP contribution in [-0.4, -0.2) is 75.5 Å². The molecule has 1 aromatic heterocycles. The monoisotopic (exact) mass is 714 g/mol. The molecule has 9 heteroatoms. The van der Waals surface area contributed by atoms with Crippen LogP contribution in [-0.2, 0) is 0 Å². The number of nitrogens with zero attached hydrogens (tertiary/aromatic N) is 5. The molecule has 3 rings (SSSR count). The number of hydrogen-bond donors (Lipinski definition) is 4. The van der Waals surface area contributed by atoms with E-state index in [9.17, 15) is 0 Å². The van der Waals surface area contributed by atoms with Crippen LogP contribution in [0.15, 0.2) is 0 Å². The molecule has 0 bridgehead atoms. The summed E-state index contributed by atoms with van der Waals surface area (Å²) in [6.45, 7) is 29.2. The average molecular weight is 714 g/mol. The first-order valence-corrected chi connectivity index (χ1v) is 21.4. The average Bonchev–Trinajstić information content (AvgIpc) is 3.01. The van der Waals surface area contributed by atoms with Gasteiger partial charge in [-0.3, -0.25) is 5.32 Å². The SMILES string of the molecule is CCCCCCCCCCCCNCNc1nc(N(CCCC)C2CC(C)(C)NC(C)(C)C2)nc(N(CCCC)C2CC(C)(C)NC(C)(C)C2)n1. The molecule has 51 heavy (non-hydrogen) atoms. The summed E-state index contributed by atoms with van der Waals surface area (Å²) in [5.74, 6) is 2.35. The van der Waals surface area contributed by atoms with Gasteiger partial charge in [-0.1, -0.05) is 91.4 Å². The first-order valence-electron chi connectivity index (χ1n) is 21.4. The third-order valence-electron chi connectivity index (χ3n) is 10.9. The van der Waals surface area contributed by atoms with Gasteiger partial charge >= 0.3 is 0 Å². The maximum atomic E-state index is 5.42. The van der Waals surface area contributed by atoms with Crippen LogP contribution in [0.2, 0.25) is 0 Å². The second-order valence-electron chi connectivity index (χ2n) is 18.8. The molecule has 0 atom stereocenters. The van der Waals surface area contributed by atoms with Crippen molar-refractivity contribution >= 4 is 17.8 Å². The molecular weight excluding hydrogens is 631 g/mol. The van der Waals surface area contributed by atoms with E-state index < -0.39 is 0 Å². The Labute approximate surface area is 315 Å². The molecule has 0 unspecified atom stereocenters. The largest absolute Gasteiger partial charge is 0.341 e. The normalized spacial score (nSPS) is 20.0. The minimum Gasteiger partial charge on any atom is -0.341 e. The molecule has 4 N–H and O–H groups in total. The van der Waals surface area contributed by atoms with Gasteiger partial charge in [0.05, 0.1) is 6.67 Å². The zero-order chi connectivity index (χ0) is 37.5. The van der Waals surface area contributed by atoms with Gasteiger partial charge in [0, 0.05) is 47.3 Å². The van der Waals surface area contributed by atoms with Crippen LogP contribution >= 0.6 is 0 Å². The maximum Gasteiger partial charge on any atom is 0.232 e. The van der Waals surface area contributed by atoms with Crippen LogP contribution < -0.4 is 31.1 Å². The Kier molecular flexibility index (Phi) is 17.7. The van der Waals surface area contributed by atoms with Crippen molar-refractivity contribution in [2.75, 3.05) is 41.4 Å². The van der Waals surface area contributed by atoms with Crippen molar-refractivity contribution < 1.29 is 0 Å². The predicted molar refractivity (Wildman–Crippen MR) is 221 cm³/mol. The Morgan fingerprint density at radius 1 is 0.529 bits per heavy atom. The summed E-state index contributed by atoms with van der Waals surface area (Å²) in [7, 11) is 0. The fraction of sp³-hybridized carbons (Fsp3) is 0.929. The van der Waals surface area contributed by atoms with Gasteiger partial charge in [0.2, 0.25) is 17.8 Å². The Morgan fingerprint density at radius 2 is 0.902 bits per heavy atom. The molecule has 0 amide bonds. The fourth-order valence-electron chi connectivity index (χ4n) is 9.18. The van der Waals surface area contributed by atoms with E-state index in [1.165, 1.54) is 64.2 Å². The van der Waals surface area contributed by atoms with E-state index in [1.807, 2.05) is 0 Å². The molecule has 0 aliphatic carbocycles. The first kappa shape index (κ1) is 43.7. The van der Waals surface area contributed by atoms with Crippen molar-refractivity contribution in [2.45, 2.75) is 226 Å². The topological polar surface area (TPSA) is 93.3 Å². The molecule has 2 aliphatic rings. The van der Waals surface area contributed by atoms with Crippen molar-refractivity contribution in [1.82, 2.24) is 30.9 Å². The summed E-state index contributed by atoms with van der Waals surface area (Å²) in [4.78, 5) is 20.9. The standard InChI is InChI=1S/C42H83N9/c1-12-15-18-19-20-21-22-23-24-25-26-43-33-44-36-45-37(50(27-16-13-2)34-29-39(4,5)48-40(6,7)30-34)47-38(46-36)51(28-17-14-3)35-31-41(8,9)49-42(10,11)32-35/h34-35,43,48-49H,12-33H2,1-11H3,(H,44,45,46,47). The summed E-state index contributed by atoms with van der Waals surface area (Å²) in [6.07, 6.45) is 22.3. The second-order valence-corrected chi connectivity index (χ2v) is 18.8. The van der Waals surface area contributed by atoms with Crippen molar-refractivity contribution in [2.24, 2.45) is 0 Å². The van der Waals surface area contributed by atoms with Crippen molar-refractivity contribution in [3.8, 4) is 0 Å². The van der Waals surface area contributed by atoms with Crippen LogP contribution in [0.1, 0.15) is 192 Å². The Hall–Kier alpha value is -1.71. The number of anilines is 3. The second kappa shape index (κ2) is 20.7. The lowest BCUT2D eigenvalue weighted by molar-refractivity contribution is 0.157. The zero-order valence-corrected chi connectivity index (χ0v) is 35.4. The van der Waals surface area contributed by atoms with Gasteiger partial charge in [-0.25, -0.2) is 0 Å². The molecular formula is C42H83N9. The molecule has 9 nitrogen and oxygen atoms in total. The van der Waals surface area contributed by atoms with E-state index in [2.05, 4.69) is 107 Å². The van der Waals surface area contributed by atoms with Gasteiger partial charge in [-0.2, -0.15) is 15.0 Å². The quantitative estimate of drug-likeness (QED) is 0.0618. The predicted octanol–water partition coefficient (Wildman–Crippen LogP) is 9.58. The van der Waals surface area contributed by atoms with E-state index in [0.717, 1.165) is 82.9 Å². The number of rotatable bonds is 24. The fourth-order valence-corrected chi connectivity index (χ4v) is 9.18. The van der Waals surface area contributed by atoms with Crippen LogP contribution in [0, 0.1) is 0 Å². The summed E-state index contributed by atoms with van der Waals surface area (Å²) < 4.78 is 0. The van der Waals surface area contributed by atoms with Gasteiger partial charge in [-0.15, -0.1) is 0 Å². The summed E-state index contributed by atoms with van der Waals surface area (Å²) in [6, 6.07) is 0.697. The van der Waals surface area contributed by atoms with E-state index in [-0.39, 0.29) is 22.2 Å². The summed E-state index contributed by atoms with van der Waals surface area (Å²) in [5, 5.41) is 15.0. The summed E-state index contributed by atoms with van der Waals surface area (Å²) in [5.41, 5.74) is 0.134. The highest BCUT2D eigenvalue weighted by atomic mass is 15.4. The first-order chi connectivity index (χ1) is 24.1. The molecule has 0 spiro atoms. The molecule has 296 valence electrons. The highest BCUT2D eigenvalue weighted by Crippen LogP contribution is 2.36. The lowest BCUT2D eigenvalue weighted by Gasteiger charge is -2.50. The van der Waals surface area contributed by atoms with Gasteiger partial charge < -0.3 is 25.8 Å². The smallest absolute Gasteiger partial charge is 0.232 e. The Bertz CT molecular complexity index is 1020. The van der Waals surface area contributed by atoms with Gasteiger partial charge in [0.1, 0.15) is 0 Å². The van der Waals surface area contributed by atoms with Crippen LogP contribution in [0.4, 0.5) is 17.8 Å². The summed E-state index contributed by atoms with van der Waals surface area (Å²) >= 11 is 0. The maximum absolute atomic E-state index is 5.42. The highest BCUT2D eigenvalue weighted by Gasteiger charge is 2.42. The molecule has 2 fully saturated rings. The van der Waals surface area contributed by atoms with Gasteiger partial charge in [0.15, 0.2) is 0 Å². The van der Waals surface area contributed by atoms with E-state index in [1.54, 1.807) is 0 Å². The van der Waals surface area contributed by atoms with Crippen molar-refractivity contribution in [3.63, 3.8) is 0 Å². The van der Waals surface area contributed by atoms with Crippen molar-refractivity contribution in [3.05, 3.63) is 0 Å². The van der Waals surface area contributed by atoms with Crippen LogP contribution in [0.3, 0.4) is 0 Å². The molecule has 1 aromatic rings. The number of nitrogens with one attached hydrogen (secondary N) is 4. The number of hydrogen-bond acceptors (Lipinski definition) is 9. The molecule has 2 saturated heterocycles.